The summed E-state index contributed by atoms with van der Waals surface area (Å²) in [5, 5.41) is 4.77. The standard InChI is InChI=1S/C30H34BrN3O4S/c1-21(30(36)32-25-13-3-2-4-14-25)33(20-22-9-5-12-24(31)19-22)28(35)17-8-18-34-26-15-6-10-23-11-7-16-27(29(23)26)39(34,37)38/h5-7,9-12,15-16,19,21,25H,2-4,8,13-14,17-18,20H2,1H3,(H,32,36)/t21-/m1/s1. The molecule has 7 nitrogen and oxygen atoms in total. The van der Waals surface area contributed by atoms with Gasteiger partial charge in [-0.1, -0.05) is 71.6 Å². The predicted octanol–water partition coefficient (Wildman–Crippen LogP) is 5.76. The van der Waals surface area contributed by atoms with Gasteiger partial charge < -0.3 is 10.2 Å². The van der Waals surface area contributed by atoms with E-state index in [2.05, 4.69) is 21.2 Å². The van der Waals surface area contributed by atoms with Crippen LogP contribution in [0.25, 0.3) is 10.8 Å². The number of hydrogen-bond donors (Lipinski definition) is 1. The Morgan fingerprint density at radius 1 is 1.05 bits per heavy atom. The number of benzene rings is 3. The number of anilines is 1. The fourth-order valence-corrected chi connectivity index (χ4v) is 7.90. The molecule has 1 atom stereocenters. The first-order valence-corrected chi connectivity index (χ1v) is 15.9. The number of rotatable bonds is 9. The van der Waals surface area contributed by atoms with Gasteiger partial charge in [0, 0.05) is 35.4 Å². The molecule has 0 spiro atoms. The number of nitrogens with zero attached hydrogens (tertiary/aromatic N) is 2. The average molecular weight is 613 g/mol. The summed E-state index contributed by atoms with van der Waals surface area (Å²) >= 11 is 3.49. The maximum Gasteiger partial charge on any atom is 0.265 e. The molecule has 0 unspecified atom stereocenters. The predicted molar refractivity (Wildman–Crippen MR) is 157 cm³/mol. The highest BCUT2D eigenvalue weighted by Crippen LogP contribution is 2.42. The van der Waals surface area contributed by atoms with Crippen molar-refractivity contribution in [2.45, 2.75) is 75.4 Å². The average Bonchev–Trinajstić information content (AvgIpc) is 3.15. The molecule has 1 N–H and O–H groups in total. The molecule has 5 rings (SSSR count). The van der Waals surface area contributed by atoms with Gasteiger partial charge in [0.05, 0.1) is 10.6 Å². The summed E-state index contributed by atoms with van der Waals surface area (Å²) in [7, 11) is -3.68. The lowest BCUT2D eigenvalue weighted by molar-refractivity contribution is -0.141. The van der Waals surface area contributed by atoms with E-state index in [0.29, 0.717) is 23.5 Å². The molecule has 3 aromatic carbocycles. The lowest BCUT2D eigenvalue weighted by atomic mass is 9.95. The summed E-state index contributed by atoms with van der Waals surface area (Å²) in [6.07, 6.45) is 5.83. The maximum absolute atomic E-state index is 13.6. The van der Waals surface area contributed by atoms with Crippen LogP contribution in [-0.2, 0) is 26.2 Å². The topological polar surface area (TPSA) is 86.8 Å². The van der Waals surface area contributed by atoms with Gasteiger partial charge >= 0.3 is 0 Å². The maximum atomic E-state index is 13.6. The first-order chi connectivity index (χ1) is 18.8. The highest BCUT2D eigenvalue weighted by atomic mass is 79.9. The van der Waals surface area contributed by atoms with Gasteiger partial charge in [-0.2, -0.15) is 0 Å². The summed E-state index contributed by atoms with van der Waals surface area (Å²) in [5.74, 6) is -0.317. The zero-order chi connectivity index (χ0) is 27.6. The molecule has 0 saturated heterocycles. The first kappa shape index (κ1) is 27.6. The van der Waals surface area contributed by atoms with Crippen LogP contribution < -0.4 is 9.62 Å². The second-order valence-corrected chi connectivity index (χ2v) is 13.2. The van der Waals surface area contributed by atoms with Crippen LogP contribution in [0, 0.1) is 0 Å². The van der Waals surface area contributed by atoms with E-state index < -0.39 is 16.1 Å². The molecule has 0 aromatic heterocycles. The van der Waals surface area contributed by atoms with Gasteiger partial charge in [-0.05, 0) is 61.4 Å². The lowest BCUT2D eigenvalue weighted by Gasteiger charge is -2.31. The Balaban J connectivity index is 1.29. The highest BCUT2D eigenvalue weighted by Gasteiger charge is 2.35. The molecule has 2 aliphatic rings. The molecule has 1 aliphatic heterocycles. The van der Waals surface area contributed by atoms with Crippen molar-refractivity contribution in [1.29, 1.82) is 0 Å². The van der Waals surface area contributed by atoms with Gasteiger partial charge in [-0.25, -0.2) is 8.42 Å². The number of nitrogens with one attached hydrogen (secondary N) is 1. The molecule has 0 radical (unpaired) electrons. The summed E-state index contributed by atoms with van der Waals surface area (Å²) < 4.78 is 28.9. The minimum Gasteiger partial charge on any atom is -0.352 e. The number of sulfonamides is 1. The van der Waals surface area contributed by atoms with Crippen molar-refractivity contribution in [2.24, 2.45) is 0 Å². The number of hydrogen-bond acceptors (Lipinski definition) is 4. The SMILES string of the molecule is C[C@H](C(=O)NC1CCCCC1)N(Cc1cccc(Br)c1)C(=O)CCCN1c2cccc3cccc(c23)S1(=O)=O. The van der Waals surface area contributed by atoms with Crippen molar-refractivity contribution in [1.82, 2.24) is 10.2 Å². The molecule has 1 saturated carbocycles. The molecular formula is C30H34BrN3O4S. The van der Waals surface area contributed by atoms with Crippen molar-refractivity contribution in [3.05, 3.63) is 70.7 Å². The fourth-order valence-electron chi connectivity index (χ4n) is 5.70. The number of amides is 2. The second-order valence-electron chi connectivity index (χ2n) is 10.5. The molecule has 1 aliphatic carbocycles. The second kappa shape index (κ2) is 11.7. The van der Waals surface area contributed by atoms with E-state index in [9.17, 15) is 18.0 Å². The van der Waals surface area contributed by atoms with Crippen LogP contribution in [-0.4, -0.2) is 43.8 Å². The quantitative estimate of drug-likeness (QED) is 0.333. The Bertz CT molecular complexity index is 1480. The Labute approximate surface area is 238 Å². The van der Waals surface area contributed by atoms with Gasteiger partial charge in [0.25, 0.3) is 10.0 Å². The largest absolute Gasteiger partial charge is 0.352 e. The lowest BCUT2D eigenvalue weighted by Crippen LogP contribution is -2.50. The van der Waals surface area contributed by atoms with Crippen LogP contribution in [0.3, 0.4) is 0 Å². The first-order valence-electron chi connectivity index (χ1n) is 13.6. The molecule has 206 valence electrons. The third kappa shape index (κ3) is 5.84. The smallest absolute Gasteiger partial charge is 0.265 e. The van der Waals surface area contributed by atoms with Gasteiger partial charge in [0.2, 0.25) is 11.8 Å². The summed E-state index contributed by atoms with van der Waals surface area (Å²) in [6.45, 7) is 2.26. The highest BCUT2D eigenvalue weighted by molar-refractivity contribution is 9.10. The van der Waals surface area contributed by atoms with Crippen LogP contribution in [0.15, 0.2) is 70.0 Å². The zero-order valence-corrected chi connectivity index (χ0v) is 24.5. The Kier molecular flexibility index (Phi) is 8.28. The molecule has 39 heavy (non-hydrogen) atoms. The van der Waals surface area contributed by atoms with E-state index in [1.165, 1.54) is 10.7 Å². The normalized spacial score (nSPS) is 17.2. The number of carbonyl (C=O) groups excluding carboxylic acids is 2. The van der Waals surface area contributed by atoms with Crippen molar-refractivity contribution in [3.63, 3.8) is 0 Å². The van der Waals surface area contributed by atoms with Crippen LogP contribution >= 0.6 is 15.9 Å². The number of carbonyl (C=O) groups is 2. The minimum atomic E-state index is -3.68. The third-order valence-electron chi connectivity index (χ3n) is 7.79. The van der Waals surface area contributed by atoms with Gasteiger partial charge in [-0.15, -0.1) is 0 Å². The monoisotopic (exact) mass is 611 g/mol. The number of halogens is 1. The van der Waals surface area contributed by atoms with E-state index >= 15 is 0 Å². The summed E-state index contributed by atoms with van der Waals surface area (Å²) in [4.78, 5) is 28.7. The third-order valence-corrected chi connectivity index (χ3v) is 10.1. The van der Waals surface area contributed by atoms with Crippen LogP contribution in [0.2, 0.25) is 0 Å². The summed E-state index contributed by atoms with van der Waals surface area (Å²) in [6, 6.07) is 18.1. The van der Waals surface area contributed by atoms with Crippen LogP contribution in [0.4, 0.5) is 5.69 Å². The Morgan fingerprint density at radius 3 is 2.51 bits per heavy atom. The molecule has 0 bridgehead atoms. The van der Waals surface area contributed by atoms with Crippen LogP contribution in [0.1, 0.15) is 57.4 Å². The van der Waals surface area contributed by atoms with E-state index in [1.54, 1.807) is 24.0 Å². The van der Waals surface area contributed by atoms with E-state index in [0.717, 1.165) is 46.5 Å². The van der Waals surface area contributed by atoms with Crippen molar-refractivity contribution in [2.75, 3.05) is 10.8 Å². The van der Waals surface area contributed by atoms with Gasteiger partial charge in [0.15, 0.2) is 0 Å². The summed E-state index contributed by atoms with van der Waals surface area (Å²) in [5.41, 5.74) is 1.57. The van der Waals surface area contributed by atoms with E-state index in [-0.39, 0.29) is 30.8 Å². The fraction of sp³-hybridized carbons (Fsp3) is 0.400. The Morgan fingerprint density at radius 2 is 1.77 bits per heavy atom. The van der Waals surface area contributed by atoms with Crippen molar-refractivity contribution in [3.8, 4) is 0 Å². The van der Waals surface area contributed by atoms with Crippen molar-refractivity contribution < 1.29 is 18.0 Å². The van der Waals surface area contributed by atoms with Crippen LogP contribution in [0.5, 0.6) is 0 Å². The molecular weight excluding hydrogens is 578 g/mol. The van der Waals surface area contributed by atoms with E-state index in [4.69, 9.17) is 0 Å². The van der Waals surface area contributed by atoms with Crippen molar-refractivity contribution >= 4 is 54.2 Å². The molecule has 1 heterocycles. The molecule has 1 fully saturated rings. The molecule has 2 amide bonds. The Hall–Kier alpha value is -2.91. The molecule has 9 heteroatoms. The molecule has 3 aromatic rings. The van der Waals surface area contributed by atoms with Gasteiger partial charge in [0.1, 0.15) is 6.04 Å². The zero-order valence-electron chi connectivity index (χ0n) is 22.1. The minimum absolute atomic E-state index is 0.132. The van der Waals surface area contributed by atoms with E-state index in [1.807, 2.05) is 48.5 Å². The van der Waals surface area contributed by atoms with Gasteiger partial charge in [-0.3, -0.25) is 13.9 Å².